The van der Waals surface area contributed by atoms with Crippen molar-refractivity contribution in [3.8, 4) is 0 Å². The van der Waals surface area contributed by atoms with E-state index in [1.54, 1.807) is 0 Å². The lowest BCUT2D eigenvalue weighted by atomic mass is 10.00. The Balaban J connectivity index is 2.91. The molecule has 0 aliphatic rings. The van der Waals surface area contributed by atoms with Crippen molar-refractivity contribution in [1.29, 1.82) is 0 Å². The molecule has 2 atom stereocenters. The average Bonchev–Trinajstić information content (AvgIpc) is 2.26. The standard InChI is InChI=1S/C11H13FO5/c12-8-2-6(5-13)1-7(3-8)11(17)9(14)4-10(15)16/h1-3,9,11,13-14,17H,4-5H2,(H,15,16). The molecule has 4 N–H and O–H groups in total. The maximum atomic E-state index is 13.1. The third-order valence-corrected chi connectivity index (χ3v) is 2.25. The van der Waals surface area contributed by atoms with E-state index in [4.69, 9.17) is 10.2 Å². The first-order valence-electron chi connectivity index (χ1n) is 4.92. The molecule has 0 saturated carbocycles. The van der Waals surface area contributed by atoms with Gasteiger partial charge in [0.1, 0.15) is 11.9 Å². The lowest BCUT2D eigenvalue weighted by molar-refractivity contribution is -0.141. The Labute approximate surface area is 96.8 Å². The van der Waals surface area contributed by atoms with E-state index in [1.807, 2.05) is 0 Å². The van der Waals surface area contributed by atoms with Crippen molar-refractivity contribution < 1.29 is 29.6 Å². The number of aliphatic hydroxyl groups is 3. The molecule has 1 rings (SSSR count). The van der Waals surface area contributed by atoms with Crippen LogP contribution in [0.2, 0.25) is 0 Å². The summed E-state index contributed by atoms with van der Waals surface area (Å²) in [7, 11) is 0. The summed E-state index contributed by atoms with van der Waals surface area (Å²) in [4.78, 5) is 10.4. The second-order valence-electron chi connectivity index (χ2n) is 3.66. The number of carboxylic acids is 1. The fraction of sp³-hybridized carbons (Fsp3) is 0.364. The summed E-state index contributed by atoms with van der Waals surface area (Å²) in [6, 6.07) is 3.37. The van der Waals surface area contributed by atoms with Gasteiger partial charge in [-0.05, 0) is 23.3 Å². The molecule has 0 radical (unpaired) electrons. The van der Waals surface area contributed by atoms with Gasteiger partial charge in [-0.15, -0.1) is 0 Å². The SMILES string of the molecule is O=C(O)CC(O)C(O)c1cc(F)cc(CO)c1. The number of carboxylic acid groups (broad SMARTS) is 1. The van der Waals surface area contributed by atoms with E-state index in [9.17, 15) is 19.4 Å². The summed E-state index contributed by atoms with van der Waals surface area (Å²) >= 11 is 0. The number of benzene rings is 1. The molecule has 0 spiro atoms. The smallest absolute Gasteiger partial charge is 0.306 e. The number of aliphatic carboxylic acids is 1. The number of hydrogen-bond acceptors (Lipinski definition) is 4. The Kier molecular flexibility index (Phi) is 4.56. The Morgan fingerprint density at radius 3 is 2.47 bits per heavy atom. The number of hydrogen-bond donors (Lipinski definition) is 4. The van der Waals surface area contributed by atoms with E-state index in [2.05, 4.69) is 0 Å². The molecule has 6 heteroatoms. The van der Waals surface area contributed by atoms with Gasteiger partial charge in [-0.3, -0.25) is 4.79 Å². The van der Waals surface area contributed by atoms with E-state index >= 15 is 0 Å². The molecule has 0 aliphatic heterocycles. The van der Waals surface area contributed by atoms with Crippen LogP contribution in [0.15, 0.2) is 18.2 Å². The Morgan fingerprint density at radius 2 is 1.94 bits per heavy atom. The zero-order valence-corrected chi connectivity index (χ0v) is 8.88. The third-order valence-electron chi connectivity index (χ3n) is 2.25. The Morgan fingerprint density at radius 1 is 1.29 bits per heavy atom. The average molecular weight is 244 g/mol. The normalized spacial score (nSPS) is 14.4. The lowest BCUT2D eigenvalue weighted by Crippen LogP contribution is -2.22. The minimum Gasteiger partial charge on any atom is -0.481 e. The summed E-state index contributed by atoms with van der Waals surface area (Å²) < 4.78 is 13.1. The van der Waals surface area contributed by atoms with Crippen LogP contribution in [-0.2, 0) is 11.4 Å². The quantitative estimate of drug-likeness (QED) is 0.592. The van der Waals surface area contributed by atoms with Gasteiger partial charge in [-0.1, -0.05) is 6.07 Å². The van der Waals surface area contributed by atoms with Gasteiger partial charge in [0.05, 0.1) is 19.1 Å². The topological polar surface area (TPSA) is 98.0 Å². The fourth-order valence-electron chi connectivity index (χ4n) is 1.45. The van der Waals surface area contributed by atoms with Crippen LogP contribution in [0.1, 0.15) is 23.7 Å². The molecule has 0 saturated heterocycles. The summed E-state index contributed by atoms with van der Waals surface area (Å²) in [6.45, 7) is -0.410. The second-order valence-corrected chi connectivity index (χ2v) is 3.66. The summed E-state index contributed by atoms with van der Waals surface area (Å²) in [5.41, 5.74) is 0.268. The summed E-state index contributed by atoms with van der Waals surface area (Å²) in [6.07, 6.45) is -3.68. The zero-order chi connectivity index (χ0) is 13.0. The van der Waals surface area contributed by atoms with Crippen molar-refractivity contribution in [3.63, 3.8) is 0 Å². The molecule has 2 unspecified atom stereocenters. The van der Waals surface area contributed by atoms with Crippen LogP contribution >= 0.6 is 0 Å². The molecule has 0 heterocycles. The van der Waals surface area contributed by atoms with Gasteiger partial charge in [0.2, 0.25) is 0 Å². The van der Waals surface area contributed by atoms with Gasteiger partial charge in [0, 0.05) is 0 Å². The minimum atomic E-state index is -1.53. The number of aliphatic hydroxyl groups excluding tert-OH is 3. The van der Waals surface area contributed by atoms with Crippen LogP contribution in [0, 0.1) is 5.82 Å². The number of rotatable bonds is 5. The van der Waals surface area contributed by atoms with Crippen molar-refractivity contribution in [2.24, 2.45) is 0 Å². The highest BCUT2D eigenvalue weighted by Gasteiger charge is 2.22. The fourth-order valence-corrected chi connectivity index (χ4v) is 1.45. The van der Waals surface area contributed by atoms with Crippen LogP contribution in [0.4, 0.5) is 4.39 Å². The molecule has 0 aliphatic carbocycles. The minimum absolute atomic E-state index is 0.0304. The maximum Gasteiger partial charge on any atom is 0.306 e. The van der Waals surface area contributed by atoms with Crippen LogP contribution < -0.4 is 0 Å². The largest absolute Gasteiger partial charge is 0.481 e. The highest BCUT2D eigenvalue weighted by atomic mass is 19.1. The van der Waals surface area contributed by atoms with Crippen LogP contribution in [0.5, 0.6) is 0 Å². The predicted molar refractivity (Wildman–Crippen MR) is 55.5 cm³/mol. The Hall–Kier alpha value is -1.50. The predicted octanol–water partition coefficient (Wildman–Crippen LogP) is 0.187. The second kappa shape index (κ2) is 5.72. The zero-order valence-electron chi connectivity index (χ0n) is 8.88. The molecule has 0 aromatic heterocycles. The highest BCUT2D eigenvalue weighted by Crippen LogP contribution is 2.21. The molecule has 1 aromatic carbocycles. The summed E-state index contributed by atoms with van der Waals surface area (Å²) in [5.74, 6) is -1.94. The van der Waals surface area contributed by atoms with E-state index in [1.165, 1.54) is 6.07 Å². The maximum absolute atomic E-state index is 13.1. The molecule has 17 heavy (non-hydrogen) atoms. The first-order valence-corrected chi connectivity index (χ1v) is 4.92. The van der Waals surface area contributed by atoms with Gasteiger partial charge >= 0.3 is 5.97 Å². The van der Waals surface area contributed by atoms with Gasteiger partial charge < -0.3 is 20.4 Å². The number of carbonyl (C=O) groups is 1. The van der Waals surface area contributed by atoms with E-state index in [0.717, 1.165) is 12.1 Å². The highest BCUT2D eigenvalue weighted by molar-refractivity contribution is 5.67. The van der Waals surface area contributed by atoms with Crippen molar-refractivity contribution >= 4 is 5.97 Å². The van der Waals surface area contributed by atoms with Gasteiger partial charge in [-0.25, -0.2) is 4.39 Å². The first kappa shape index (κ1) is 13.6. The lowest BCUT2D eigenvalue weighted by Gasteiger charge is -2.17. The summed E-state index contributed by atoms with van der Waals surface area (Å²) in [5, 5.41) is 36.3. The molecular formula is C11H13FO5. The van der Waals surface area contributed by atoms with Gasteiger partial charge in [0.25, 0.3) is 0 Å². The third kappa shape index (κ3) is 3.77. The molecule has 1 aromatic rings. The molecule has 0 amide bonds. The van der Waals surface area contributed by atoms with Crippen LogP contribution in [0.3, 0.4) is 0 Å². The van der Waals surface area contributed by atoms with E-state index < -0.39 is 37.0 Å². The number of halogens is 1. The van der Waals surface area contributed by atoms with Crippen molar-refractivity contribution in [1.82, 2.24) is 0 Å². The van der Waals surface area contributed by atoms with E-state index in [-0.39, 0.29) is 11.1 Å². The van der Waals surface area contributed by atoms with Crippen molar-refractivity contribution in [3.05, 3.63) is 35.1 Å². The van der Waals surface area contributed by atoms with Crippen LogP contribution in [0.25, 0.3) is 0 Å². The van der Waals surface area contributed by atoms with Crippen LogP contribution in [-0.4, -0.2) is 32.5 Å². The molecule has 0 bridgehead atoms. The molecular weight excluding hydrogens is 231 g/mol. The van der Waals surface area contributed by atoms with Gasteiger partial charge in [-0.2, -0.15) is 0 Å². The van der Waals surface area contributed by atoms with Crippen molar-refractivity contribution in [2.45, 2.75) is 25.2 Å². The molecule has 5 nitrogen and oxygen atoms in total. The van der Waals surface area contributed by atoms with E-state index in [0.29, 0.717) is 0 Å². The van der Waals surface area contributed by atoms with Crippen molar-refractivity contribution in [2.75, 3.05) is 0 Å². The van der Waals surface area contributed by atoms with Gasteiger partial charge in [0.15, 0.2) is 0 Å². The molecule has 0 fully saturated rings. The first-order chi connectivity index (χ1) is 7.93. The Bertz CT molecular complexity index is 407. The monoisotopic (exact) mass is 244 g/mol. The molecule has 94 valence electrons.